The molecule has 3 aromatic rings. The second kappa shape index (κ2) is 10.8. The summed E-state index contributed by atoms with van der Waals surface area (Å²) in [4.78, 5) is 12.1. The highest BCUT2D eigenvalue weighted by molar-refractivity contribution is 5.69. The third-order valence-electron chi connectivity index (χ3n) is 6.23. The van der Waals surface area contributed by atoms with Crippen molar-refractivity contribution >= 4 is 5.97 Å². The van der Waals surface area contributed by atoms with E-state index in [9.17, 15) is 4.79 Å². The van der Waals surface area contributed by atoms with Crippen molar-refractivity contribution in [3.05, 3.63) is 108 Å². The third kappa shape index (κ3) is 5.18. The summed E-state index contributed by atoms with van der Waals surface area (Å²) in [6, 6.07) is 30.9. The molecule has 4 nitrogen and oxygen atoms in total. The maximum Gasteiger partial charge on any atom is 0.305 e. The Labute approximate surface area is 196 Å². The highest BCUT2D eigenvalue weighted by atomic mass is 16.6. The first-order valence-corrected chi connectivity index (χ1v) is 11.8. The smallest absolute Gasteiger partial charge is 0.305 e. The van der Waals surface area contributed by atoms with Crippen LogP contribution in [0.15, 0.2) is 91.0 Å². The van der Waals surface area contributed by atoms with Gasteiger partial charge in [0.15, 0.2) is 0 Å². The zero-order valence-electron chi connectivity index (χ0n) is 19.2. The van der Waals surface area contributed by atoms with Crippen molar-refractivity contribution in [2.24, 2.45) is 0 Å². The lowest BCUT2D eigenvalue weighted by molar-refractivity contribution is -0.162. The molecule has 4 heteroatoms. The predicted octanol–water partition coefficient (Wildman–Crippen LogP) is 5.89. The lowest BCUT2D eigenvalue weighted by atomic mass is 9.80. The summed E-state index contributed by atoms with van der Waals surface area (Å²) in [5, 5.41) is 0. The van der Waals surface area contributed by atoms with Crippen molar-refractivity contribution in [2.45, 2.75) is 43.8 Å². The Morgan fingerprint density at radius 1 is 0.848 bits per heavy atom. The molecule has 1 heterocycles. The molecule has 0 unspecified atom stereocenters. The Morgan fingerprint density at radius 3 is 1.79 bits per heavy atom. The van der Waals surface area contributed by atoms with Crippen molar-refractivity contribution in [1.82, 2.24) is 0 Å². The zero-order chi connectivity index (χ0) is 23.0. The van der Waals surface area contributed by atoms with Crippen LogP contribution in [0.5, 0.6) is 0 Å². The monoisotopic (exact) mass is 444 g/mol. The number of rotatable bonds is 10. The summed E-state index contributed by atoms with van der Waals surface area (Å²) in [5.41, 5.74) is 1.65. The molecule has 1 saturated heterocycles. The van der Waals surface area contributed by atoms with E-state index in [2.05, 4.69) is 36.4 Å². The Kier molecular flexibility index (Phi) is 7.58. The Bertz CT molecular complexity index is 899. The summed E-state index contributed by atoms with van der Waals surface area (Å²) in [6.45, 7) is 3.13. The van der Waals surface area contributed by atoms with Gasteiger partial charge < -0.3 is 14.2 Å². The summed E-state index contributed by atoms with van der Waals surface area (Å²) in [5.74, 6) is -0.187. The van der Waals surface area contributed by atoms with E-state index in [1.54, 1.807) is 0 Å². The average molecular weight is 445 g/mol. The first-order valence-electron chi connectivity index (χ1n) is 11.8. The quantitative estimate of drug-likeness (QED) is 0.289. The molecule has 3 aromatic carbocycles. The van der Waals surface area contributed by atoms with E-state index < -0.39 is 11.2 Å². The molecule has 0 radical (unpaired) electrons. The Hall–Kier alpha value is -2.95. The summed E-state index contributed by atoms with van der Waals surface area (Å²) in [7, 11) is 0. The van der Waals surface area contributed by atoms with Gasteiger partial charge in [0, 0.05) is 13.0 Å². The molecule has 1 aliphatic rings. The van der Waals surface area contributed by atoms with Crippen molar-refractivity contribution in [3.8, 4) is 0 Å². The summed E-state index contributed by atoms with van der Waals surface area (Å²) < 4.78 is 18.7. The van der Waals surface area contributed by atoms with Crippen molar-refractivity contribution in [1.29, 1.82) is 0 Å². The van der Waals surface area contributed by atoms with Crippen LogP contribution in [0.2, 0.25) is 0 Å². The Balaban J connectivity index is 1.73. The van der Waals surface area contributed by atoms with Gasteiger partial charge in [-0.15, -0.1) is 0 Å². The average Bonchev–Trinajstić information content (AvgIpc) is 3.35. The van der Waals surface area contributed by atoms with Crippen molar-refractivity contribution < 1.29 is 19.0 Å². The minimum absolute atomic E-state index is 0.187. The molecule has 0 aliphatic carbocycles. The van der Waals surface area contributed by atoms with Crippen molar-refractivity contribution in [3.63, 3.8) is 0 Å². The van der Waals surface area contributed by atoms with E-state index in [0.717, 1.165) is 36.0 Å². The van der Waals surface area contributed by atoms with Gasteiger partial charge in [-0.1, -0.05) is 97.9 Å². The summed E-state index contributed by atoms with van der Waals surface area (Å²) in [6.07, 6.45) is 2.89. The van der Waals surface area contributed by atoms with E-state index in [-0.39, 0.29) is 12.6 Å². The fourth-order valence-corrected chi connectivity index (χ4v) is 4.52. The van der Waals surface area contributed by atoms with Crippen LogP contribution < -0.4 is 0 Å². The van der Waals surface area contributed by atoms with E-state index in [4.69, 9.17) is 14.2 Å². The summed E-state index contributed by atoms with van der Waals surface area (Å²) >= 11 is 0. The van der Waals surface area contributed by atoms with Crippen LogP contribution in [0.3, 0.4) is 0 Å². The molecule has 1 fully saturated rings. The van der Waals surface area contributed by atoms with Crippen LogP contribution in [0.1, 0.15) is 49.3 Å². The van der Waals surface area contributed by atoms with Crippen LogP contribution in [0.4, 0.5) is 0 Å². The number of benzene rings is 3. The fourth-order valence-electron chi connectivity index (χ4n) is 4.52. The van der Waals surface area contributed by atoms with E-state index in [1.165, 1.54) is 0 Å². The third-order valence-corrected chi connectivity index (χ3v) is 6.23. The van der Waals surface area contributed by atoms with Gasteiger partial charge in [0.1, 0.15) is 17.8 Å². The molecule has 0 saturated carbocycles. The SMILES string of the molecule is CCCC(=O)OC[C@]1(COC(c2ccccc2)(c2ccccc2)c2ccccc2)CCCO1. The molecular weight excluding hydrogens is 412 g/mol. The minimum atomic E-state index is -0.823. The molecule has 33 heavy (non-hydrogen) atoms. The van der Waals surface area contributed by atoms with Gasteiger partial charge >= 0.3 is 5.97 Å². The normalized spacial score (nSPS) is 18.2. The van der Waals surface area contributed by atoms with Gasteiger partial charge in [0.05, 0.1) is 6.61 Å². The molecule has 0 aromatic heterocycles. The molecule has 1 aliphatic heterocycles. The maximum absolute atomic E-state index is 12.1. The van der Waals surface area contributed by atoms with Crippen LogP contribution in [0.25, 0.3) is 0 Å². The lowest BCUT2D eigenvalue weighted by Gasteiger charge is -2.39. The van der Waals surface area contributed by atoms with Gasteiger partial charge in [0.25, 0.3) is 0 Å². The number of hydrogen-bond acceptors (Lipinski definition) is 4. The minimum Gasteiger partial charge on any atom is -0.463 e. The van der Waals surface area contributed by atoms with Gasteiger partial charge in [0.2, 0.25) is 0 Å². The van der Waals surface area contributed by atoms with Crippen LogP contribution in [-0.2, 0) is 24.6 Å². The number of esters is 1. The van der Waals surface area contributed by atoms with Gasteiger partial charge in [-0.3, -0.25) is 4.79 Å². The first kappa shape index (κ1) is 23.2. The van der Waals surface area contributed by atoms with E-state index >= 15 is 0 Å². The van der Waals surface area contributed by atoms with Crippen molar-refractivity contribution in [2.75, 3.05) is 19.8 Å². The number of ether oxygens (including phenoxy) is 3. The largest absolute Gasteiger partial charge is 0.463 e. The van der Waals surface area contributed by atoms with E-state index in [1.807, 2.05) is 61.5 Å². The maximum atomic E-state index is 12.1. The zero-order valence-corrected chi connectivity index (χ0v) is 19.2. The lowest BCUT2D eigenvalue weighted by Crippen LogP contribution is -2.44. The molecular formula is C29H32O4. The van der Waals surface area contributed by atoms with Crippen LogP contribution in [0, 0.1) is 0 Å². The molecule has 1 atom stereocenters. The predicted molar refractivity (Wildman–Crippen MR) is 129 cm³/mol. The second-order valence-electron chi connectivity index (χ2n) is 8.61. The topological polar surface area (TPSA) is 44.8 Å². The van der Waals surface area contributed by atoms with Crippen LogP contribution >= 0.6 is 0 Å². The molecule has 0 bridgehead atoms. The van der Waals surface area contributed by atoms with Gasteiger partial charge in [-0.05, 0) is 36.0 Å². The van der Waals surface area contributed by atoms with Crippen LogP contribution in [-0.4, -0.2) is 31.4 Å². The first-order chi connectivity index (χ1) is 16.2. The highest BCUT2D eigenvalue weighted by Crippen LogP contribution is 2.42. The number of carbonyl (C=O) groups is 1. The Morgan fingerprint density at radius 2 is 1.36 bits per heavy atom. The molecule has 0 spiro atoms. The molecule has 4 rings (SSSR count). The molecule has 0 amide bonds. The molecule has 172 valence electrons. The second-order valence-corrected chi connectivity index (χ2v) is 8.61. The van der Waals surface area contributed by atoms with E-state index in [0.29, 0.717) is 19.6 Å². The standard InChI is InChI=1S/C29H32O4/c1-2-13-27(30)31-22-28(20-12-21-32-28)23-33-29(24-14-6-3-7-15-24,25-16-8-4-9-17-25)26-18-10-5-11-19-26/h3-11,14-19H,2,12-13,20-23H2,1H3/t28-/m0/s1. The highest BCUT2D eigenvalue weighted by Gasteiger charge is 2.43. The number of carbonyl (C=O) groups excluding carboxylic acids is 1. The fraction of sp³-hybridized carbons (Fsp3) is 0.345. The van der Waals surface area contributed by atoms with Gasteiger partial charge in [-0.2, -0.15) is 0 Å². The van der Waals surface area contributed by atoms with Gasteiger partial charge in [-0.25, -0.2) is 0 Å². The number of hydrogen-bond donors (Lipinski definition) is 0. The molecule has 0 N–H and O–H groups in total.